The molecule has 7 heteroatoms. The quantitative estimate of drug-likeness (QED) is 0.353. The van der Waals surface area contributed by atoms with E-state index in [-0.39, 0.29) is 12.5 Å². The Balaban J connectivity index is 1.32. The van der Waals surface area contributed by atoms with Crippen molar-refractivity contribution < 1.29 is 9.18 Å². The van der Waals surface area contributed by atoms with Crippen LogP contribution in [0.2, 0.25) is 5.02 Å². The van der Waals surface area contributed by atoms with Gasteiger partial charge in [0.2, 0.25) is 0 Å². The van der Waals surface area contributed by atoms with E-state index in [1.54, 1.807) is 36.8 Å². The van der Waals surface area contributed by atoms with Crippen LogP contribution in [-0.4, -0.2) is 20.9 Å². The molecule has 2 N–H and O–H groups in total. The molecule has 0 saturated carbocycles. The van der Waals surface area contributed by atoms with Crippen molar-refractivity contribution in [3.63, 3.8) is 0 Å². The largest absolute Gasteiger partial charge is 0.360 e. The number of H-pyrrole nitrogens is 1. The molecule has 2 aromatic carbocycles. The van der Waals surface area contributed by atoms with Gasteiger partial charge >= 0.3 is 0 Å². The number of hydrogen-bond donors (Lipinski definition) is 2. The number of halogens is 2. The average molecular weight is 459 g/mol. The monoisotopic (exact) mass is 458 g/mol. The lowest BCUT2D eigenvalue weighted by atomic mass is 10.0. The fourth-order valence-corrected chi connectivity index (χ4v) is 4.14. The number of aromatic amines is 1. The fraction of sp³-hybridized carbons (Fsp3) is 0.115. The van der Waals surface area contributed by atoms with Crippen molar-refractivity contribution in [2.75, 3.05) is 0 Å². The van der Waals surface area contributed by atoms with Crippen LogP contribution in [0.3, 0.4) is 0 Å². The number of fused-ring (bicyclic) bond motifs is 2. The van der Waals surface area contributed by atoms with Gasteiger partial charge in [-0.3, -0.25) is 14.8 Å². The first-order valence-electron chi connectivity index (χ1n) is 10.5. The normalized spacial score (nSPS) is 11.2. The van der Waals surface area contributed by atoms with Gasteiger partial charge < -0.3 is 10.3 Å². The number of carbonyl (C=O) groups is 1. The summed E-state index contributed by atoms with van der Waals surface area (Å²) in [7, 11) is 0. The summed E-state index contributed by atoms with van der Waals surface area (Å²) < 4.78 is 14.4. The molecule has 0 fully saturated rings. The first-order valence-corrected chi connectivity index (χ1v) is 10.9. The fourth-order valence-electron chi connectivity index (χ4n) is 3.93. The number of aryl methyl sites for hydroxylation is 1. The molecule has 0 unspecified atom stereocenters. The molecule has 3 aromatic heterocycles. The van der Waals surface area contributed by atoms with Crippen LogP contribution in [0.25, 0.3) is 21.8 Å². The highest BCUT2D eigenvalue weighted by molar-refractivity contribution is 6.35. The van der Waals surface area contributed by atoms with E-state index in [1.165, 1.54) is 6.07 Å². The van der Waals surface area contributed by atoms with Crippen molar-refractivity contribution in [2.45, 2.75) is 19.9 Å². The van der Waals surface area contributed by atoms with E-state index in [1.807, 2.05) is 18.2 Å². The molecule has 0 aliphatic rings. The number of pyridine rings is 2. The smallest absolute Gasteiger partial charge is 0.251 e. The molecule has 5 rings (SSSR count). The van der Waals surface area contributed by atoms with Gasteiger partial charge in [-0.15, -0.1) is 0 Å². The Bertz CT molecular complexity index is 1510. The summed E-state index contributed by atoms with van der Waals surface area (Å²) in [6.07, 6.45) is 5.62. The summed E-state index contributed by atoms with van der Waals surface area (Å²) in [5, 5.41) is 5.12. The molecule has 33 heavy (non-hydrogen) atoms. The molecule has 5 nitrogen and oxygen atoms in total. The van der Waals surface area contributed by atoms with Crippen molar-refractivity contribution in [3.8, 4) is 0 Å². The number of nitrogens with zero attached hydrogens (tertiary/aromatic N) is 2. The highest BCUT2D eigenvalue weighted by Gasteiger charge is 2.12. The lowest BCUT2D eigenvalue weighted by Crippen LogP contribution is -2.23. The number of aromatic nitrogens is 3. The van der Waals surface area contributed by atoms with E-state index in [4.69, 9.17) is 11.6 Å². The Morgan fingerprint density at radius 3 is 2.79 bits per heavy atom. The lowest BCUT2D eigenvalue weighted by Gasteiger charge is -2.09. The molecule has 0 atom stereocenters. The molecule has 1 amide bonds. The predicted molar refractivity (Wildman–Crippen MR) is 128 cm³/mol. The molecule has 0 radical (unpaired) electrons. The number of hydrogen-bond acceptors (Lipinski definition) is 3. The maximum atomic E-state index is 14.4. The van der Waals surface area contributed by atoms with E-state index in [2.05, 4.69) is 33.3 Å². The number of rotatable bonds is 5. The molecule has 0 aliphatic heterocycles. The first-order chi connectivity index (χ1) is 16.0. The summed E-state index contributed by atoms with van der Waals surface area (Å²) in [5.74, 6) is -0.699. The number of amides is 1. The zero-order chi connectivity index (χ0) is 22.9. The Labute approximate surface area is 194 Å². The summed E-state index contributed by atoms with van der Waals surface area (Å²) >= 11 is 6.13. The van der Waals surface area contributed by atoms with Crippen LogP contribution in [0.15, 0.2) is 67.1 Å². The van der Waals surface area contributed by atoms with Crippen LogP contribution >= 0.6 is 11.6 Å². The van der Waals surface area contributed by atoms with Gasteiger partial charge in [-0.2, -0.15) is 0 Å². The van der Waals surface area contributed by atoms with Crippen molar-refractivity contribution in [3.05, 3.63) is 106 Å². The molecule has 3 heterocycles. The minimum atomic E-state index is -0.405. The number of benzene rings is 2. The zero-order valence-corrected chi connectivity index (χ0v) is 18.6. The highest BCUT2D eigenvalue weighted by atomic mass is 35.5. The molecule has 0 spiro atoms. The van der Waals surface area contributed by atoms with Crippen molar-refractivity contribution in [1.82, 2.24) is 20.3 Å². The van der Waals surface area contributed by atoms with Gasteiger partial charge in [0.25, 0.3) is 5.91 Å². The van der Waals surface area contributed by atoms with Gasteiger partial charge in [-0.25, -0.2) is 4.39 Å². The Morgan fingerprint density at radius 1 is 1.06 bits per heavy atom. The molecular weight excluding hydrogens is 439 g/mol. The van der Waals surface area contributed by atoms with Crippen LogP contribution in [0.1, 0.15) is 32.7 Å². The summed E-state index contributed by atoms with van der Waals surface area (Å²) in [4.78, 5) is 24.5. The molecule has 0 bridgehead atoms. The molecule has 0 saturated heterocycles. The van der Waals surface area contributed by atoms with E-state index in [9.17, 15) is 9.18 Å². The van der Waals surface area contributed by atoms with Gasteiger partial charge in [0, 0.05) is 64.7 Å². The second-order valence-electron chi connectivity index (χ2n) is 8.00. The van der Waals surface area contributed by atoms with Gasteiger partial charge in [-0.1, -0.05) is 17.7 Å². The van der Waals surface area contributed by atoms with E-state index in [0.717, 1.165) is 27.7 Å². The van der Waals surface area contributed by atoms with E-state index >= 15 is 0 Å². The number of carbonyl (C=O) groups excluding carboxylic acids is 1. The van der Waals surface area contributed by atoms with E-state index in [0.29, 0.717) is 33.5 Å². The zero-order valence-electron chi connectivity index (χ0n) is 17.8. The Hall–Kier alpha value is -3.77. The topological polar surface area (TPSA) is 70.7 Å². The van der Waals surface area contributed by atoms with Crippen LogP contribution in [0.5, 0.6) is 0 Å². The van der Waals surface area contributed by atoms with Crippen LogP contribution < -0.4 is 5.32 Å². The highest BCUT2D eigenvalue weighted by Crippen LogP contribution is 2.26. The molecule has 5 aromatic rings. The van der Waals surface area contributed by atoms with Gasteiger partial charge in [0.15, 0.2) is 0 Å². The van der Waals surface area contributed by atoms with Gasteiger partial charge in [0.1, 0.15) is 5.82 Å². The minimum absolute atomic E-state index is 0.0523. The molecule has 164 valence electrons. The van der Waals surface area contributed by atoms with Crippen molar-refractivity contribution in [1.29, 1.82) is 0 Å². The Morgan fingerprint density at radius 2 is 1.91 bits per heavy atom. The minimum Gasteiger partial charge on any atom is -0.360 e. The average Bonchev–Trinajstić information content (AvgIpc) is 3.17. The summed E-state index contributed by atoms with van der Waals surface area (Å²) in [6.45, 7) is 2.11. The van der Waals surface area contributed by atoms with Crippen molar-refractivity contribution >= 4 is 39.3 Å². The third-order valence-corrected chi connectivity index (χ3v) is 6.04. The van der Waals surface area contributed by atoms with Gasteiger partial charge in [0.05, 0.1) is 10.5 Å². The lowest BCUT2D eigenvalue weighted by molar-refractivity contribution is 0.0950. The maximum absolute atomic E-state index is 14.4. The van der Waals surface area contributed by atoms with Crippen molar-refractivity contribution in [2.24, 2.45) is 0 Å². The SMILES string of the molecule is Cc1ccnc2ccc(Cc3cc(C(=O)NCc4cc5c(Cl)c[nH]c5cc4F)ccn3)cc12. The standard InChI is InChI=1S/C26H20ClFN4O/c1-15-4-6-30-24-3-2-16(9-20(15)24)8-19-10-17(5-7-29-19)26(33)32-13-18-11-21-22(27)14-31-25(21)12-23(18)28/h2-7,9-12,14,31H,8,13H2,1H3,(H,32,33). The third kappa shape index (κ3) is 4.30. The second kappa shape index (κ2) is 8.64. The first kappa shape index (κ1) is 21.1. The maximum Gasteiger partial charge on any atom is 0.251 e. The van der Waals surface area contributed by atoms with Crippen LogP contribution in [-0.2, 0) is 13.0 Å². The summed E-state index contributed by atoms with van der Waals surface area (Å²) in [6, 6.07) is 14.6. The summed E-state index contributed by atoms with van der Waals surface area (Å²) in [5.41, 5.74) is 5.43. The third-order valence-electron chi connectivity index (χ3n) is 5.73. The van der Waals surface area contributed by atoms with E-state index < -0.39 is 5.82 Å². The molecule has 0 aliphatic carbocycles. The van der Waals surface area contributed by atoms with Gasteiger partial charge in [-0.05, 0) is 60.5 Å². The number of nitrogens with one attached hydrogen (secondary N) is 2. The Kier molecular flexibility index (Phi) is 5.52. The van der Waals surface area contributed by atoms with Crippen LogP contribution in [0.4, 0.5) is 4.39 Å². The predicted octanol–water partition coefficient (Wildman–Crippen LogP) is 5.73. The van der Waals surface area contributed by atoms with Crippen LogP contribution in [0, 0.1) is 12.7 Å². The molecular formula is C26H20ClFN4O. The second-order valence-corrected chi connectivity index (χ2v) is 8.41.